The topological polar surface area (TPSA) is 60.5 Å². The smallest absolute Gasteiger partial charge is 0.255 e. The lowest BCUT2D eigenvalue weighted by Crippen LogP contribution is -2.13. The Kier molecular flexibility index (Phi) is 4.20. The molecule has 1 aromatic heterocycles. The zero-order valence-corrected chi connectivity index (χ0v) is 11.6. The molecule has 0 aliphatic heterocycles. The molecule has 2 rings (SSSR count). The second kappa shape index (κ2) is 6.06. The minimum Gasteiger partial charge on any atom is -0.496 e. The lowest BCUT2D eigenvalue weighted by atomic mass is 10.1. The molecule has 0 spiro atoms. The number of rotatable bonds is 4. The number of benzene rings is 1. The first-order valence-corrected chi connectivity index (χ1v) is 6.09. The van der Waals surface area contributed by atoms with E-state index in [0.717, 1.165) is 5.56 Å². The maximum absolute atomic E-state index is 12.1. The van der Waals surface area contributed by atoms with E-state index >= 15 is 0 Å². The Bertz CT molecular complexity index is 612. The van der Waals surface area contributed by atoms with Gasteiger partial charge in [0.1, 0.15) is 11.5 Å². The second-order valence-electron chi connectivity index (χ2n) is 4.21. The number of pyridine rings is 1. The van der Waals surface area contributed by atoms with Gasteiger partial charge in [-0.1, -0.05) is 0 Å². The predicted octanol–water partition coefficient (Wildman–Crippen LogP) is 2.66. The van der Waals surface area contributed by atoms with Crippen molar-refractivity contribution in [1.29, 1.82) is 0 Å². The first-order valence-electron chi connectivity index (χ1n) is 6.09. The van der Waals surface area contributed by atoms with E-state index < -0.39 is 0 Å². The molecule has 0 unspecified atom stereocenters. The highest BCUT2D eigenvalue weighted by Gasteiger charge is 2.12. The summed E-state index contributed by atoms with van der Waals surface area (Å²) in [6.07, 6.45) is 3.14. The Morgan fingerprint density at radius 2 is 1.75 bits per heavy atom. The molecule has 104 valence electrons. The van der Waals surface area contributed by atoms with Gasteiger partial charge in [0.2, 0.25) is 0 Å². The standard InChI is InChI=1S/C15H16N2O3/c1-10-8-14(20-3)12(9-13(10)19-2)17-15(18)11-4-6-16-7-5-11/h4-9H,1-3H3,(H,17,18). The fraction of sp³-hybridized carbons (Fsp3) is 0.200. The number of nitrogens with one attached hydrogen (secondary N) is 1. The van der Waals surface area contributed by atoms with Crippen LogP contribution in [0.15, 0.2) is 36.7 Å². The molecule has 20 heavy (non-hydrogen) atoms. The van der Waals surface area contributed by atoms with Crippen LogP contribution in [0, 0.1) is 6.92 Å². The molecule has 1 heterocycles. The molecule has 5 heteroatoms. The highest BCUT2D eigenvalue weighted by Crippen LogP contribution is 2.32. The van der Waals surface area contributed by atoms with Crippen LogP contribution >= 0.6 is 0 Å². The normalized spacial score (nSPS) is 9.95. The van der Waals surface area contributed by atoms with Crippen LogP contribution in [0.5, 0.6) is 11.5 Å². The van der Waals surface area contributed by atoms with Gasteiger partial charge in [-0.3, -0.25) is 9.78 Å². The van der Waals surface area contributed by atoms with Crippen molar-refractivity contribution < 1.29 is 14.3 Å². The SMILES string of the molecule is COc1cc(NC(=O)c2ccncc2)c(OC)cc1C. The number of aryl methyl sites for hydroxylation is 1. The predicted molar refractivity (Wildman–Crippen MR) is 76.5 cm³/mol. The van der Waals surface area contributed by atoms with E-state index in [9.17, 15) is 4.79 Å². The average molecular weight is 272 g/mol. The number of aromatic nitrogens is 1. The largest absolute Gasteiger partial charge is 0.496 e. The third-order valence-electron chi connectivity index (χ3n) is 2.91. The summed E-state index contributed by atoms with van der Waals surface area (Å²) in [6, 6.07) is 6.86. The fourth-order valence-corrected chi connectivity index (χ4v) is 1.85. The van der Waals surface area contributed by atoms with Crippen molar-refractivity contribution in [2.24, 2.45) is 0 Å². The summed E-state index contributed by atoms with van der Waals surface area (Å²) < 4.78 is 10.5. The van der Waals surface area contributed by atoms with Crippen LogP contribution in [0.2, 0.25) is 0 Å². The van der Waals surface area contributed by atoms with Gasteiger partial charge in [-0.05, 0) is 30.7 Å². The van der Waals surface area contributed by atoms with Gasteiger partial charge in [0.25, 0.3) is 5.91 Å². The molecule has 0 fully saturated rings. The molecular formula is C15H16N2O3. The molecule has 0 aliphatic carbocycles. The van der Waals surface area contributed by atoms with Gasteiger partial charge in [-0.25, -0.2) is 0 Å². The van der Waals surface area contributed by atoms with E-state index in [0.29, 0.717) is 22.7 Å². The van der Waals surface area contributed by atoms with Crippen molar-refractivity contribution in [1.82, 2.24) is 4.98 Å². The summed E-state index contributed by atoms with van der Waals surface area (Å²) >= 11 is 0. The zero-order chi connectivity index (χ0) is 14.5. The van der Waals surface area contributed by atoms with E-state index in [4.69, 9.17) is 9.47 Å². The van der Waals surface area contributed by atoms with Crippen molar-refractivity contribution in [3.63, 3.8) is 0 Å². The summed E-state index contributed by atoms with van der Waals surface area (Å²) in [4.78, 5) is 16.0. The maximum Gasteiger partial charge on any atom is 0.255 e. The molecule has 0 bridgehead atoms. The first-order chi connectivity index (χ1) is 9.65. The quantitative estimate of drug-likeness (QED) is 0.929. The van der Waals surface area contributed by atoms with Crippen LogP contribution < -0.4 is 14.8 Å². The molecule has 0 radical (unpaired) electrons. The lowest BCUT2D eigenvalue weighted by Gasteiger charge is -2.13. The molecule has 0 saturated heterocycles. The van der Waals surface area contributed by atoms with Crippen molar-refractivity contribution >= 4 is 11.6 Å². The van der Waals surface area contributed by atoms with Crippen molar-refractivity contribution in [3.8, 4) is 11.5 Å². The molecule has 0 saturated carbocycles. The Morgan fingerprint density at radius 1 is 1.10 bits per heavy atom. The van der Waals surface area contributed by atoms with Gasteiger partial charge in [0.05, 0.1) is 19.9 Å². The van der Waals surface area contributed by atoms with Gasteiger partial charge < -0.3 is 14.8 Å². The number of carbonyl (C=O) groups is 1. The third kappa shape index (κ3) is 2.88. The lowest BCUT2D eigenvalue weighted by molar-refractivity contribution is 0.102. The number of amides is 1. The van der Waals surface area contributed by atoms with Crippen molar-refractivity contribution in [3.05, 3.63) is 47.8 Å². The van der Waals surface area contributed by atoms with Crippen LogP contribution in [0.1, 0.15) is 15.9 Å². The molecule has 1 aromatic carbocycles. The maximum atomic E-state index is 12.1. The molecule has 1 amide bonds. The highest BCUT2D eigenvalue weighted by atomic mass is 16.5. The molecular weight excluding hydrogens is 256 g/mol. The van der Waals surface area contributed by atoms with Crippen molar-refractivity contribution in [2.45, 2.75) is 6.92 Å². The van der Waals surface area contributed by atoms with E-state index in [1.807, 2.05) is 13.0 Å². The number of nitrogens with zero attached hydrogens (tertiary/aromatic N) is 1. The van der Waals surface area contributed by atoms with Gasteiger partial charge in [-0.2, -0.15) is 0 Å². The Morgan fingerprint density at radius 3 is 2.35 bits per heavy atom. The fourth-order valence-electron chi connectivity index (χ4n) is 1.85. The van der Waals surface area contributed by atoms with E-state index in [1.54, 1.807) is 44.8 Å². The second-order valence-corrected chi connectivity index (χ2v) is 4.21. The molecule has 2 aromatic rings. The van der Waals surface area contributed by atoms with Gasteiger partial charge in [-0.15, -0.1) is 0 Å². The van der Waals surface area contributed by atoms with Crippen LogP contribution in [0.25, 0.3) is 0 Å². The van der Waals surface area contributed by atoms with E-state index in [2.05, 4.69) is 10.3 Å². The number of hydrogen-bond donors (Lipinski definition) is 1. The van der Waals surface area contributed by atoms with Crippen LogP contribution in [0.3, 0.4) is 0 Å². The molecule has 1 N–H and O–H groups in total. The van der Waals surface area contributed by atoms with Crippen molar-refractivity contribution in [2.75, 3.05) is 19.5 Å². The minimum absolute atomic E-state index is 0.225. The van der Waals surface area contributed by atoms with E-state index in [1.165, 1.54) is 0 Å². The Hall–Kier alpha value is -2.56. The van der Waals surface area contributed by atoms with Crippen LogP contribution in [0.4, 0.5) is 5.69 Å². The molecule has 0 atom stereocenters. The number of anilines is 1. The van der Waals surface area contributed by atoms with Crippen LogP contribution in [-0.4, -0.2) is 25.1 Å². The zero-order valence-electron chi connectivity index (χ0n) is 11.6. The van der Waals surface area contributed by atoms with Gasteiger partial charge in [0.15, 0.2) is 0 Å². The van der Waals surface area contributed by atoms with Crippen LogP contribution in [-0.2, 0) is 0 Å². The van der Waals surface area contributed by atoms with Gasteiger partial charge in [0, 0.05) is 24.0 Å². The average Bonchev–Trinajstić information content (AvgIpc) is 2.49. The highest BCUT2D eigenvalue weighted by molar-refractivity contribution is 6.05. The Balaban J connectivity index is 2.31. The van der Waals surface area contributed by atoms with Gasteiger partial charge >= 0.3 is 0 Å². The summed E-state index contributed by atoms with van der Waals surface area (Å²) in [7, 11) is 3.15. The first kappa shape index (κ1) is 13.9. The number of hydrogen-bond acceptors (Lipinski definition) is 4. The summed E-state index contributed by atoms with van der Waals surface area (Å²) in [5.74, 6) is 1.05. The molecule has 5 nitrogen and oxygen atoms in total. The number of carbonyl (C=O) groups excluding carboxylic acids is 1. The summed E-state index contributed by atoms with van der Waals surface area (Å²) in [5.41, 5.74) is 2.03. The third-order valence-corrected chi connectivity index (χ3v) is 2.91. The monoisotopic (exact) mass is 272 g/mol. The molecule has 0 aliphatic rings. The summed E-state index contributed by atoms with van der Waals surface area (Å²) in [5, 5.41) is 2.81. The summed E-state index contributed by atoms with van der Waals surface area (Å²) in [6.45, 7) is 1.91. The minimum atomic E-state index is -0.225. The Labute approximate surface area is 117 Å². The number of ether oxygens (including phenoxy) is 2. The van der Waals surface area contributed by atoms with E-state index in [-0.39, 0.29) is 5.91 Å². The number of methoxy groups -OCH3 is 2.